The molecule has 0 spiro atoms. The second kappa shape index (κ2) is 5.53. The van der Waals surface area contributed by atoms with Crippen molar-refractivity contribution >= 4 is 5.78 Å². The van der Waals surface area contributed by atoms with Crippen molar-refractivity contribution < 1.29 is 4.79 Å². The Labute approximate surface area is 89.3 Å². The molecule has 0 amide bonds. The molecule has 0 N–H and O–H groups in total. The van der Waals surface area contributed by atoms with Crippen molar-refractivity contribution in [1.29, 1.82) is 0 Å². The maximum atomic E-state index is 11.5. The maximum Gasteiger partial charge on any atom is 0.133 e. The normalized spacial score (nSPS) is 14.5. The second-order valence-electron chi connectivity index (χ2n) is 5.85. The fourth-order valence-electron chi connectivity index (χ4n) is 1.98. The monoisotopic (exact) mass is 198 g/mol. The van der Waals surface area contributed by atoms with Crippen LogP contribution in [0.1, 0.15) is 60.8 Å². The molecule has 84 valence electrons. The van der Waals surface area contributed by atoms with Crippen LogP contribution in [0, 0.1) is 17.3 Å². The van der Waals surface area contributed by atoms with E-state index in [1.807, 2.05) is 0 Å². The van der Waals surface area contributed by atoms with Crippen molar-refractivity contribution in [2.45, 2.75) is 60.8 Å². The second-order valence-corrected chi connectivity index (χ2v) is 5.85. The zero-order valence-electron chi connectivity index (χ0n) is 10.7. The van der Waals surface area contributed by atoms with Gasteiger partial charge in [-0.1, -0.05) is 47.5 Å². The summed E-state index contributed by atoms with van der Waals surface area (Å²) in [6.07, 6.45) is 3.47. The van der Waals surface area contributed by atoms with Crippen LogP contribution in [0.4, 0.5) is 0 Å². The molecule has 1 nitrogen and oxygen atoms in total. The minimum absolute atomic E-state index is 0.128. The first-order valence-electron chi connectivity index (χ1n) is 5.75. The highest BCUT2D eigenvalue weighted by molar-refractivity contribution is 5.78. The Bertz CT molecular complexity index is 174. The molecule has 0 heterocycles. The summed E-state index contributed by atoms with van der Waals surface area (Å²) in [5.41, 5.74) is 0.128. The fraction of sp³-hybridized carbons (Fsp3) is 0.923. The predicted molar refractivity (Wildman–Crippen MR) is 62.3 cm³/mol. The predicted octanol–water partition coefficient (Wildman–Crippen LogP) is 4.06. The number of Topliss-reactive ketones (excluding diaryl/α,β-unsaturated/α-hetero) is 1. The van der Waals surface area contributed by atoms with Gasteiger partial charge >= 0.3 is 0 Å². The van der Waals surface area contributed by atoms with E-state index in [2.05, 4.69) is 34.6 Å². The molecule has 0 aromatic rings. The average Bonchev–Trinajstić information content (AvgIpc) is 1.94. The van der Waals surface area contributed by atoms with Crippen molar-refractivity contribution in [3.8, 4) is 0 Å². The summed E-state index contributed by atoms with van der Waals surface area (Å²) >= 11 is 0. The lowest BCUT2D eigenvalue weighted by molar-refractivity contribution is -0.124. The van der Waals surface area contributed by atoms with Crippen LogP contribution in [-0.4, -0.2) is 5.78 Å². The highest BCUT2D eigenvalue weighted by atomic mass is 16.1. The van der Waals surface area contributed by atoms with E-state index in [0.717, 1.165) is 12.3 Å². The van der Waals surface area contributed by atoms with Crippen LogP contribution in [0.3, 0.4) is 0 Å². The van der Waals surface area contributed by atoms with Crippen molar-refractivity contribution in [3.63, 3.8) is 0 Å². The molecule has 0 aliphatic rings. The Hall–Kier alpha value is -0.330. The molecule has 0 aliphatic carbocycles. The first-order chi connectivity index (χ1) is 6.25. The summed E-state index contributed by atoms with van der Waals surface area (Å²) in [6.45, 7) is 12.7. The van der Waals surface area contributed by atoms with Crippen LogP contribution in [0.15, 0.2) is 0 Å². The number of carbonyl (C=O) groups is 1. The maximum absolute atomic E-state index is 11.5. The van der Waals surface area contributed by atoms with Crippen molar-refractivity contribution in [2.24, 2.45) is 17.3 Å². The number of hydrogen-bond donors (Lipinski definition) is 0. The Morgan fingerprint density at radius 2 is 1.64 bits per heavy atom. The van der Waals surface area contributed by atoms with Crippen molar-refractivity contribution in [1.82, 2.24) is 0 Å². The van der Waals surface area contributed by atoms with Gasteiger partial charge in [0, 0.05) is 5.92 Å². The Morgan fingerprint density at radius 3 is 1.93 bits per heavy atom. The number of hydrogen-bond acceptors (Lipinski definition) is 1. The van der Waals surface area contributed by atoms with Gasteiger partial charge in [0.1, 0.15) is 5.78 Å². The third kappa shape index (κ3) is 5.41. The quantitative estimate of drug-likeness (QED) is 0.651. The van der Waals surface area contributed by atoms with Gasteiger partial charge in [-0.05, 0) is 24.7 Å². The fourth-order valence-corrected chi connectivity index (χ4v) is 1.98. The van der Waals surface area contributed by atoms with E-state index in [4.69, 9.17) is 0 Å². The summed E-state index contributed by atoms with van der Waals surface area (Å²) < 4.78 is 0. The molecule has 0 fully saturated rings. The van der Waals surface area contributed by atoms with Gasteiger partial charge in [0.25, 0.3) is 0 Å². The van der Waals surface area contributed by atoms with E-state index in [9.17, 15) is 4.79 Å². The Balaban J connectivity index is 4.07. The van der Waals surface area contributed by atoms with Gasteiger partial charge in [0.05, 0.1) is 0 Å². The van der Waals surface area contributed by atoms with E-state index >= 15 is 0 Å². The van der Waals surface area contributed by atoms with Crippen LogP contribution in [-0.2, 0) is 4.79 Å². The Morgan fingerprint density at radius 1 is 1.14 bits per heavy atom. The molecule has 0 bridgehead atoms. The van der Waals surface area contributed by atoms with Gasteiger partial charge in [-0.2, -0.15) is 0 Å². The lowest BCUT2D eigenvalue weighted by Crippen LogP contribution is -2.26. The highest BCUT2D eigenvalue weighted by Crippen LogP contribution is 2.31. The average molecular weight is 198 g/mol. The molecule has 0 aromatic carbocycles. The highest BCUT2D eigenvalue weighted by Gasteiger charge is 2.27. The first kappa shape index (κ1) is 13.7. The van der Waals surface area contributed by atoms with Crippen LogP contribution in [0.5, 0.6) is 0 Å². The van der Waals surface area contributed by atoms with Gasteiger partial charge in [0.2, 0.25) is 0 Å². The van der Waals surface area contributed by atoms with Crippen molar-refractivity contribution in [2.75, 3.05) is 0 Å². The molecule has 1 atom stereocenters. The summed E-state index contributed by atoms with van der Waals surface area (Å²) in [7, 11) is 0. The molecule has 14 heavy (non-hydrogen) atoms. The zero-order valence-corrected chi connectivity index (χ0v) is 10.7. The third-order valence-corrected chi connectivity index (χ3v) is 2.81. The van der Waals surface area contributed by atoms with E-state index in [1.54, 1.807) is 6.92 Å². The SMILES string of the molecule is CC(=O)C(CCCC(C)C)C(C)(C)C. The topological polar surface area (TPSA) is 17.1 Å². The van der Waals surface area contributed by atoms with E-state index in [-0.39, 0.29) is 11.3 Å². The molecule has 0 rings (SSSR count). The lowest BCUT2D eigenvalue weighted by Gasteiger charge is -2.28. The van der Waals surface area contributed by atoms with E-state index in [0.29, 0.717) is 5.78 Å². The molecule has 0 aromatic heterocycles. The van der Waals surface area contributed by atoms with Gasteiger partial charge in [-0.3, -0.25) is 4.79 Å². The molecule has 1 unspecified atom stereocenters. The third-order valence-electron chi connectivity index (χ3n) is 2.81. The van der Waals surface area contributed by atoms with Gasteiger partial charge in [0.15, 0.2) is 0 Å². The zero-order chi connectivity index (χ0) is 11.4. The molecule has 0 saturated heterocycles. The molecule has 1 heteroatoms. The minimum atomic E-state index is 0.128. The standard InChI is InChI=1S/C13H26O/c1-10(2)8-7-9-12(11(3)14)13(4,5)6/h10,12H,7-9H2,1-6H3. The van der Waals surface area contributed by atoms with Gasteiger partial charge in [-0.25, -0.2) is 0 Å². The van der Waals surface area contributed by atoms with Crippen molar-refractivity contribution in [3.05, 3.63) is 0 Å². The van der Waals surface area contributed by atoms with Gasteiger partial charge < -0.3 is 0 Å². The molecular weight excluding hydrogens is 172 g/mol. The largest absolute Gasteiger partial charge is 0.300 e. The summed E-state index contributed by atoms with van der Waals surface area (Å²) in [5, 5.41) is 0. The van der Waals surface area contributed by atoms with Crippen LogP contribution >= 0.6 is 0 Å². The summed E-state index contributed by atoms with van der Waals surface area (Å²) in [4.78, 5) is 11.5. The van der Waals surface area contributed by atoms with Crippen LogP contribution in [0.25, 0.3) is 0 Å². The molecule has 0 saturated carbocycles. The number of ketones is 1. The minimum Gasteiger partial charge on any atom is -0.300 e. The van der Waals surface area contributed by atoms with E-state index in [1.165, 1.54) is 12.8 Å². The van der Waals surface area contributed by atoms with Gasteiger partial charge in [-0.15, -0.1) is 0 Å². The van der Waals surface area contributed by atoms with Crippen LogP contribution < -0.4 is 0 Å². The smallest absolute Gasteiger partial charge is 0.133 e. The summed E-state index contributed by atoms with van der Waals surface area (Å²) in [5.74, 6) is 1.34. The van der Waals surface area contributed by atoms with Crippen LogP contribution in [0.2, 0.25) is 0 Å². The number of carbonyl (C=O) groups excluding carboxylic acids is 1. The number of rotatable bonds is 5. The molecule has 0 radical (unpaired) electrons. The summed E-state index contributed by atoms with van der Waals surface area (Å²) in [6, 6.07) is 0. The molecule has 0 aliphatic heterocycles. The first-order valence-corrected chi connectivity index (χ1v) is 5.75. The Kier molecular flexibility index (Phi) is 5.40. The lowest BCUT2D eigenvalue weighted by atomic mass is 9.75. The molecular formula is C13H26O. The van der Waals surface area contributed by atoms with E-state index < -0.39 is 0 Å².